The van der Waals surface area contributed by atoms with Gasteiger partial charge in [0, 0.05) is 31.2 Å². The van der Waals surface area contributed by atoms with Crippen molar-refractivity contribution in [1.29, 1.82) is 0 Å². The Bertz CT molecular complexity index is 765. The maximum absolute atomic E-state index is 13.1. The number of nitrogens with zero attached hydrogens (tertiary/aromatic N) is 2. The predicted molar refractivity (Wildman–Crippen MR) is 103 cm³/mol. The molecule has 0 spiro atoms. The summed E-state index contributed by atoms with van der Waals surface area (Å²) >= 11 is 0. The molecule has 2 aliphatic heterocycles. The van der Waals surface area contributed by atoms with Crippen LogP contribution in [0.2, 0.25) is 0 Å². The molecule has 2 heterocycles. The van der Waals surface area contributed by atoms with Gasteiger partial charge in [-0.2, -0.15) is 0 Å². The Morgan fingerprint density at radius 1 is 1.15 bits per heavy atom. The van der Waals surface area contributed by atoms with Crippen LogP contribution in [0, 0.1) is 32.6 Å². The molecule has 2 amide bonds. The van der Waals surface area contributed by atoms with Gasteiger partial charge >= 0.3 is 5.97 Å². The molecule has 0 saturated carbocycles. The Kier molecular flexibility index (Phi) is 5.27. The molecule has 3 rings (SSSR count). The average molecular weight is 372 g/mol. The lowest BCUT2D eigenvalue weighted by atomic mass is 9.89. The SMILES string of the molecule is Cc1cc(C)c(N2CC(C(=O)N3CCC[C@@H](C(=O)O)[C@H]3C)CC2=O)c(C)c1. The highest BCUT2D eigenvalue weighted by atomic mass is 16.4. The number of hydrogen-bond donors (Lipinski definition) is 1. The lowest BCUT2D eigenvalue weighted by Crippen LogP contribution is -2.51. The van der Waals surface area contributed by atoms with Crippen molar-refractivity contribution in [2.24, 2.45) is 11.8 Å². The molecule has 0 radical (unpaired) electrons. The van der Waals surface area contributed by atoms with Crippen molar-refractivity contribution in [2.75, 3.05) is 18.0 Å². The summed E-state index contributed by atoms with van der Waals surface area (Å²) in [6.45, 7) is 8.74. The van der Waals surface area contributed by atoms with Gasteiger partial charge in [-0.3, -0.25) is 14.4 Å². The Morgan fingerprint density at radius 3 is 2.37 bits per heavy atom. The summed E-state index contributed by atoms with van der Waals surface area (Å²) < 4.78 is 0. The van der Waals surface area contributed by atoms with Crippen LogP contribution in [0.3, 0.4) is 0 Å². The molecule has 1 aromatic rings. The number of likely N-dealkylation sites (tertiary alicyclic amines) is 1. The van der Waals surface area contributed by atoms with Gasteiger partial charge in [0.15, 0.2) is 0 Å². The Morgan fingerprint density at radius 2 is 1.78 bits per heavy atom. The normalized spacial score (nSPS) is 25.8. The van der Waals surface area contributed by atoms with E-state index in [-0.39, 0.29) is 24.3 Å². The fourth-order valence-corrected chi connectivity index (χ4v) is 4.71. The third-order valence-corrected chi connectivity index (χ3v) is 5.97. The molecule has 0 aromatic heterocycles. The molecule has 6 heteroatoms. The number of carbonyl (C=O) groups excluding carboxylic acids is 2. The Hall–Kier alpha value is -2.37. The highest BCUT2D eigenvalue weighted by Gasteiger charge is 2.42. The molecule has 1 aromatic carbocycles. The number of carboxylic acid groups (broad SMARTS) is 1. The monoisotopic (exact) mass is 372 g/mol. The standard InChI is InChI=1S/C21H28N2O4/c1-12-8-13(2)19(14(3)9-12)23-11-16(10-18(23)24)20(25)22-7-5-6-17(15(22)4)21(26)27/h8-9,15-17H,5-7,10-11H2,1-4H3,(H,26,27)/t15-,16?,17-/m1/s1. The third-order valence-electron chi connectivity index (χ3n) is 5.97. The molecule has 6 nitrogen and oxygen atoms in total. The first-order valence-corrected chi connectivity index (χ1v) is 9.62. The van der Waals surface area contributed by atoms with E-state index in [2.05, 4.69) is 12.1 Å². The second-order valence-corrected chi connectivity index (χ2v) is 8.01. The number of aliphatic carboxylic acids is 1. The zero-order chi connectivity index (χ0) is 19.9. The summed E-state index contributed by atoms with van der Waals surface area (Å²) in [5, 5.41) is 9.39. The van der Waals surface area contributed by atoms with E-state index in [1.807, 2.05) is 20.8 Å². The van der Waals surface area contributed by atoms with Crippen molar-refractivity contribution in [2.45, 2.75) is 53.0 Å². The summed E-state index contributed by atoms with van der Waals surface area (Å²) in [4.78, 5) is 40.6. The molecular weight excluding hydrogens is 344 g/mol. The quantitative estimate of drug-likeness (QED) is 0.885. The van der Waals surface area contributed by atoms with E-state index in [4.69, 9.17) is 0 Å². The van der Waals surface area contributed by atoms with Crippen molar-refractivity contribution >= 4 is 23.5 Å². The first-order chi connectivity index (χ1) is 12.7. The molecule has 0 aliphatic carbocycles. The smallest absolute Gasteiger partial charge is 0.308 e. The van der Waals surface area contributed by atoms with Gasteiger partial charge in [0.1, 0.15) is 0 Å². The van der Waals surface area contributed by atoms with Gasteiger partial charge in [0.25, 0.3) is 0 Å². The van der Waals surface area contributed by atoms with Crippen molar-refractivity contribution in [3.8, 4) is 0 Å². The van der Waals surface area contributed by atoms with Crippen LogP contribution in [-0.2, 0) is 14.4 Å². The molecule has 27 heavy (non-hydrogen) atoms. The minimum Gasteiger partial charge on any atom is -0.481 e. The summed E-state index contributed by atoms with van der Waals surface area (Å²) in [5.41, 5.74) is 4.11. The number of aryl methyl sites for hydroxylation is 3. The van der Waals surface area contributed by atoms with Crippen LogP contribution in [0.4, 0.5) is 5.69 Å². The third kappa shape index (κ3) is 3.57. The number of amides is 2. The molecule has 2 aliphatic rings. The van der Waals surface area contributed by atoms with Crippen molar-refractivity contribution in [3.05, 3.63) is 28.8 Å². The van der Waals surface area contributed by atoms with Gasteiger partial charge < -0.3 is 14.9 Å². The predicted octanol–water partition coefficient (Wildman–Crippen LogP) is 2.68. The maximum Gasteiger partial charge on any atom is 0.308 e. The van der Waals surface area contributed by atoms with Gasteiger partial charge in [0.05, 0.1) is 11.8 Å². The van der Waals surface area contributed by atoms with Crippen LogP contribution in [0.15, 0.2) is 12.1 Å². The zero-order valence-electron chi connectivity index (χ0n) is 16.5. The summed E-state index contributed by atoms with van der Waals surface area (Å²) in [6.07, 6.45) is 1.47. The minimum atomic E-state index is -0.852. The van der Waals surface area contributed by atoms with Crippen molar-refractivity contribution in [1.82, 2.24) is 4.90 Å². The van der Waals surface area contributed by atoms with Crippen molar-refractivity contribution < 1.29 is 19.5 Å². The Labute approximate surface area is 160 Å². The van der Waals surface area contributed by atoms with E-state index in [1.54, 1.807) is 16.7 Å². The van der Waals surface area contributed by atoms with Crippen LogP contribution in [0.25, 0.3) is 0 Å². The summed E-state index contributed by atoms with van der Waals surface area (Å²) in [7, 11) is 0. The number of carboxylic acids is 1. The topological polar surface area (TPSA) is 77.9 Å². The van der Waals surface area contributed by atoms with Crippen LogP contribution in [0.1, 0.15) is 42.9 Å². The molecule has 2 saturated heterocycles. The van der Waals surface area contributed by atoms with E-state index in [9.17, 15) is 19.5 Å². The molecule has 1 N–H and O–H groups in total. The highest BCUT2D eigenvalue weighted by Crippen LogP contribution is 2.34. The van der Waals surface area contributed by atoms with Crippen LogP contribution < -0.4 is 4.90 Å². The molecule has 2 fully saturated rings. The maximum atomic E-state index is 13.1. The van der Waals surface area contributed by atoms with Gasteiger partial charge in [0.2, 0.25) is 11.8 Å². The summed E-state index contributed by atoms with van der Waals surface area (Å²) in [5.74, 6) is -1.92. The highest BCUT2D eigenvalue weighted by molar-refractivity contribution is 6.01. The largest absolute Gasteiger partial charge is 0.481 e. The summed E-state index contributed by atoms with van der Waals surface area (Å²) in [6, 6.07) is 3.76. The number of benzene rings is 1. The van der Waals surface area contributed by atoms with Crippen molar-refractivity contribution in [3.63, 3.8) is 0 Å². The first kappa shape index (κ1) is 19.4. The number of carbonyl (C=O) groups is 3. The van der Waals surface area contributed by atoms with E-state index >= 15 is 0 Å². The lowest BCUT2D eigenvalue weighted by molar-refractivity contribution is -0.150. The molecule has 1 unspecified atom stereocenters. The van der Waals surface area contributed by atoms with E-state index in [0.29, 0.717) is 25.9 Å². The van der Waals surface area contributed by atoms with Gasteiger partial charge in [-0.05, 0) is 51.7 Å². The zero-order valence-corrected chi connectivity index (χ0v) is 16.5. The minimum absolute atomic E-state index is 0.0390. The average Bonchev–Trinajstić information content (AvgIpc) is 2.95. The van der Waals surface area contributed by atoms with E-state index in [1.165, 1.54) is 0 Å². The molecular formula is C21H28N2O4. The number of piperidine rings is 1. The fraction of sp³-hybridized carbons (Fsp3) is 0.571. The van der Waals surface area contributed by atoms with Crippen LogP contribution in [0.5, 0.6) is 0 Å². The second kappa shape index (κ2) is 7.33. The first-order valence-electron chi connectivity index (χ1n) is 9.62. The lowest BCUT2D eigenvalue weighted by Gasteiger charge is -2.38. The van der Waals surface area contributed by atoms with Crippen LogP contribution in [-0.4, -0.2) is 46.9 Å². The molecule has 146 valence electrons. The molecule has 3 atom stereocenters. The second-order valence-electron chi connectivity index (χ2n) is 8.01. The van der Waals surface area contributed by atoms with Gasteiger partial charge in [-0.15, -0.1) is 0 Å². The number of rotatable bonds is 3. The van der Waals surface area contributed by atoms with E-state index in [0.717, 1.165) is 22.4 Å². The van der Waals surface area contributed by atoms with Crippen LogP contribution >= 0.6 is 0 Å². The van der Waals surface area contributed by atoms with E-state index < -0.39 is 17.8 Å². The fourth-order valence-electron chi connectivity index (χ4n) is 4.71. The molecule has 0 bridgehead atoms. The number of hydrogen-bond acceptors (Lipinski definition) is 3. The Balaban J connectivity index is 1.79. The number of anilines is 1. The van der Waals surface area contributed by atoms with Gasteiger partial charge in [-0.25, -0.2) is 0 Å². The van der Waals surface area contributed by atoms with Gasteiger partial charge in [-0.1, -0.05) is 17.7 Å².